The molecule has 0 heterocycles. The van der Waals surface area contributed by atoms with Crippen molar-refractivity contribution < 1.29 is 4.84 Å². The number of hydrogen-bond donors (Lipinski definition) is 1. The van der Waals surface area contributed by atoms with Gasteiger partial charge >= 0.3 is 0 Å². The first kappa shape index (κ1) is 12.0. The molecule has 0 bridgehead atoms. The van der Waals surface area contributed by atoms with E-state index < -0.39 is 0 Å². The van der Waals surface area contributed by atoms with E-state index in [-0.39, 0.29) is 0 Å². The Morgan fingerprint density at radius 3 is 2.59 bits per heavy atom. The zero-order valence-electron chi connectivity index (χ0n) is 9.40. The Balaban J connectivity index is 1.73. The number of nitrogens with one attached hydrogen (secondary N) is 1. The van der Waals surface area contributed by atoms with Gasteiger partial charge in [0.25, 0.3) is 0 Å². The molecule has 0 saturated carbocycles. The van der Waals surface area contributed by atoms with Crippen LogP contribution in [0.3, 0.4) is 0 Å². The number of rotatable bonds is 5. The maximum Gasteiger partial charge on any atom is 0.148 e. The summed E-state index contributed by atoms with van der Waals surface area (Å²) in [5.74, 6) is 0.727. The van der Waals surface area contributed by atoms with E-state index in [1.54, 1.807) is 6.07 Å². The molecule has 17 heavy (non-hydrogen) atoms. The Labute approximate surface area is 106 Å². The Hall–Kier alpha value is -1.51. The molecule has 88 valence electrons. The summed E-state index contributed by atoms with van der Waals surface area (Å²) in [7, 11) is 0. The molecule has 0 saturated heterocycles. The highest BCUT2D eigenvalue weighted by molar-refractivity contribution is 6.30. The third-order valence-electron chi connectivity index (χ3n) is 2.34. The number of hydroxylamine groups is 1. The topological polar surface area (TPSA) is 21.3 Å². The van der Waals surface area contributed by atoms with Gasteiger partial charge in [-0.25, -0.2) is 0 Å². The third-order valence-corrected chi connectivity index (χ3v) is 2.58. The summed E-state index contributed by atoms with van der Waals surface area (Å²) >= 11 is 5.85. The summed E-state index contributed by atoms with van der Waals surface area (Å²) in [5.41, 5.74) is 4.21. The summed E-state index contributed by atoms with van der Waals surface area (Å²) in [6.45, 7) is 0.760. The maximum atomic E-state index is 5.85. The molecule has 0 aromatic heterocycles. The molecular formula is C14H14ClNO. The molecule has 0 radical (unpaired) electrons. The van der Waals surface area contributed by atoms with Crippen LogP contribution in [0, 0.1) is 0 Å². The zero-order chi connectivity index (χ0) is 11.9. The van der Waals surface area contributed by atoms with E-state index >= 15 is 0 Å². The van der Waals surface area contributed by atoms with Crippen molar-refractivity contribution in [2.24, 2.45) is 0 Å². The molecule has 0 fully saturated rings. The van der Waals surface area contributed by atoms with Crippen molar-refractivity contribution in [1.82, 2.24) is 5.48 Å². The minimum Gasteiger partial charge on any atom is -0.409 e. The van der Waals surface area contributed by atoms with Crippen molar-refractivity contribution in [1.29, 1.82) is 0 Å². The fourth-order valence-electron chi connectivity index (χ4n) is 1.50. The van der Waals surface area contributed by atoms with Crippen LogP contribution in [0.2, 0.25) is 5.02 Å². The van der Waals surface area contributed by atoms with E-state index in [1.807, 2.05) is 36.4 Å². The second-order valence-electron chi connectivity index (χ2n) is 3.69. The van der Waals surface area contributed by atoms with E-state index in [0.717, 1.165) is 18.7 Å². The summed E-state index contributed by atoms with van der Waals surface area (Å²) in [5, 5.41) is 0.673. The summed E-state index contributed by atoms with van der Waals surface area (Å²) in [6, 6.07) is 17.6. The number of halogens is 1. The predicted octanol–water partition coefficient (Wildman–Crippen LogP) is 3.47. The molecule has 0 atom stereocenters. The van der Waals surface area contributed by atoms with E-state index in [2.05, 4.69) is 17.6 Å². The first-order chi connectivity index (χ1) is 8.34. The van der Waals surface area contributed by atoms with E-state index in [9.17, 15) is 0 Å². The molecule has 1 N–H and O–H groups in total. The van der Waals surface area contributed by atoms with E-state index in [0.29, 0.717) is 5.02 Å². The second-order valence-corrected chi connectivity index (χ2v) is 4.13. The lowest BCUT2D eigenvalue weighted by Crippen LogP contribution is -2.21. The van der Waals surface area contributed by atoms with Gasteiger partial charge in [-0.1, -0.05) is 48.0 Å². The largest absolute Gasteiger partial charge is 0.409 e. The van der Waals surface area contributed by atoms with Crippen LogP contribution in [0.1, 0.15) is 5.56 Å². The Morgan fingerprint density at radius 1 is 1.00 bits per heavy atom. The molecular weight excluding hydrogens is 234 g/mol. The fraction of sp³-hybridized carbons (Fsp3) is 0.143. The standard InChI is InChI=1S/C14H14ClNO/c15-13-7-4-8-14(11-13)17-16-10-9-12-5-2-1-3-6-12/h1-8,11,16H,9-10H2. The maximum absolute atomic E-state index is 5.85. The molecule has 0 spiro atoms. The highest BCUT2D eigenvalue weighted by atomic mass is 35.5. The normalized spacial score (nSPS) is 10.2. The van der Waals surface area contributed by atoms with Gasteiger partial charge in [0, 0.05) is 17.6 Å². The lowest BCUT2D eigenvalue weighted by atomic mass is 10.2. The summed E-state index contributed by atoms with van der Waals surface area (Å²) in [6.07, 6.45) is 0.932. The van der Waals surface area contributed by atoms with Gasteiger partial charge in [-0.2, -0.15) is 5.48 Å². The van der Waals surface area contributed by atoms with Gasteiger partial charge < -0.3 is 4.84 Å². The van der Waals surface area contributed by atoms with Crippen molar-refractivity contribution in [3.63, 3.8) is 0 Å². The molecule has 0 amide bonds. The van der Waals surface area contributed by atoms with E-state index in [1.165, 1.54) is 5.56 Å². The van der Waals surface area contributed by atoms with Crippen molar-refractivity contribution in [3.05, 3.63) is 65.2 Å². The smallest absolute Gasteiger partial charge is 0.148 e. The fourth-order valence-corrected chi connectivity index (χ4v) is 1.69. The SMILES string of the molecule is Clc1cccc(ONCCc2ccccc2)c1. The van der Waals surface area contributed by atoms with Gasteiger partial charge in [-0.05, 0) is 24.1 Å². The number of hydrogen-bond acceptors (Lipinski definition) is 2. The van der Waals surface area contributed by atoms with Gasteiger partial charge in [0.05, 0.1) is 0 Å². The molecule has 0 aliphatic rings. The summed E-state index contributed by atoms with van der Waals surface area (Å²) in [4.78, 5) is 5.37. The molecule has 2 rings (SSSR count). The van der Waals surface area contributed by atoms with Crippen molar-refractivity contribution in [2.45, 2.75) is 6.42 Å². The van der Waals surface area contributed by atoms with Gasteiger partial charge in [0.2, 0.25) is 0 Å². The van der Waals surface area contributed by atoms with Crippen LogP contribution < -0.4 is 10.3 Å². The highest BCUT2D eigenvalue weighted by Crippen LogP contribution is 2.16. The van der Waals surface area contributed by atoms with E-state index in [4.69, 9.17) is 16.4 Å². The third kappa shape index (κ3) is 4.10. The quantitative estimate of drug-likeness (QED) is 0.645. The molecule has 2 aromatic rings. The average Bonchev–Trinajstić information content (AvgIpc) is 2.36. The Bertz CT molecular complexity index is 459. The van der Waals surface area contributed by atoms with Crippen molar-refractivity contribution in [3.8, 4) is 5.75 Å². The van der Waals surface area contributed by atoms with Gasteiger partial charge in [-0.15, -0.1) is 0 Å². The zero-order valence-corrected chi connectivity index (χ0v) is 10.2. The second kappa shape index (κ2) is 6.28. The van der Waals surface area contributed by atoms with Crippen LogP contribution in [0.5, 0.6) is 5.75 Å². The lowest BCUT2D eigenvalue weighted by Gasteiger charge is -2.07. The van der Waals surface area contributed by atoms with Crippen LogP contribution in [0.4, 0.5) is 0 Å². The molecule has 2 nitrogen and oxygen atoms in total. The van der Waals surface area contributed by atoms with Crippen molar-refractivity contribution in [2.75, 3.05) is 6.54 Å². The lowest BCUT2D eigenvalue weighted by molar-refractivity contribution is 0.197. The van der Waals surface area contributed by atoms with Crippen molar-refractivity contribution >= 4 is 11.6 Å². The predicted molar refractivity (Wildman–Crippen MR) is 70.2 cm³/mol. The minimum atomic E-state index is 0.673. The molecule has 3 heteroatoms. The van der Waals surface area contributed by atoms with Crippen LogP contribution in [0.15, 0.2) is 54.6 Å². The Kier molecular flexibility index (Phi) is 4.42. The number of benzene rings is 2. The molecule has 2 aromatic carbocycles. The first-order valence-electron chi connectivity index (χ1n) is 5.54. The minimum absolute atomic E-state index is 0.673. The van der Waals surface area contributed by atoms with Crippen LogP contribution in [-0.4, -0.2) is 6.54 Å². The van der Waals surface area contributed by atoms with Crippen LogP contribution in [0.25, 0.3) is 0 Å². The monoisotopic (exact) mass is 247 g/mol. The first-order valence-corrected chi connectivity index (χ1v) is 5.91. The average molecular weight is 248 g/mol. The van der Waals surface area contributed by atoms with Gasteiger partial charge in [-0.3, -0.25) is 0 Å². The van der Waals surface area contributed by atoms with Crippen LogP contribution >= 0.6 is 11.6 Å². The molecule has 0 unspecified atom stereocenters. The molecule has 0 aliphatic heterocycles. The van der Waals surface area contributed by atoms with Gasteiger partial charge in [0.1, 0.15) is 5.75 Å². The van der Waals surface area contributed by atoms with Crippen LogP contribution in [-0.2, 0) is 6.42 Å². The summed E-state index contributed by atoms with van der Waals surface area (Å²) < 4.78 is 0. The molecule has 0 aliphatic carbocycles. The van der Waals surface area contributed by atoms with Gasteiger partial charge in [0.15, 0.2) is 0 Å². The highest BCUT2D eigenvalue weighted by Gasteiger charge is 1.95. The Morgan fingerprint density at radius 2 is 1.82 bits per heavy atom.